The fraction of sp³-hybridized carbons (Fsp3) is 0.562. The SMILES string of the molecule is O=C(O)[C@@H]1CCCN(c2nccn3nc4c(c23)CCCC4)C1. The first-order valence-corrected chi connectivity index (χ1v) is 8.07. The van der Waals surface area contributed by atoms with Crippen LogP contribution in [0.1, 0.15) is 36.9 Å². The zero-order valence-corrected chi connectivity index (χ0v) is 12.5. The Kier molecular flexibility index (Phi) is 3.24. The van der Waals surface area contributed by atoms with Gasteiger partial charge in [0, 0.05) is 31.0 Å². The molecule has 6 heteroatoms. The van der Waals surface area contributed by atoms with Crippen LogP contribution in [0.15, 0.2) is 12.4 Å². The number of hydrogen-bond donors (Lipinski definition) is 1. The molecule has 3 heterocycles. The van der Waals surface area contributed by atoms with Gasteiger partial charge in [0.2, 0.25) is 0 Å². The van der Waals surface area contributed by atoms with Crippen LogP contribution in [0.5, 0.6) is 0 Å². The number of piperidine rings is 1. The van der Waals surface area contributed by atoms with E-state index in [9.17, 15) is 9.90 Å². The molecule has 116 valence electrons. The van der Waals surface area contributed by atoms with Crippen molar-refractivity contribution in [2.45, 2.75) is 38.5 Å². The third-order valence-corrected chi connectivity index (χ3v) is 4.87. The Bertz CT molecular complexity index is 724. The average Bonchev–Trinajstić information content (AvgIpc) is 2.93. The predicted octanol–water partition coefficient (Wildman–Crippen LogP) is 1.91. The molecule has 0 spiro atoms. The minimum atomic E-state index is -0.702. The number of fused-ring (bicyclic) bond motifs is 3. The maximum atomic E-state index is 11.3. The van der Waals surface area contributed by atoms with E-state index in [0.717, 1.165) is 43.6 Å². The number of rotatable bonds is 2. The molecule has 1 saturated heterocycles. The molecule has 1 aliphatic carbocycles. The molecule has 0 radical (unpaired) electrons. The van der Waals surface area contributed by atoms with Gasteiger partial charge in [0.15, 0.2) is 5.82 Å². The molecule has 6 nitrogen and oxygen atoms in total. The van der Waals surface area contributed by atoms with Gasteiger partial charge in [-0.25, -0.2) is 9.50 Å². The number of aromatic nitrogens is 3. The lowest BCUT2D eigenvalue weighted by molar-refractivity contribution is -0.141. The number of aliphatic carboxylic acids is 1. The Morgan fingerprint density at radius 1 is 1.27 bits per heavy atom. The van der Waals surface area contributed by atoms with Crippen molar-refractivity contribution in [1.29, 1.82) is 0 Å². The van der Waals surface area contributed by atoms with Gasteiger partial charge in [0.1, 0.15) is 5.52 Å². The van der Waals surface area contributed by atoms with Gasteiger partial charge >= 0.3 is 5.97 Å². The van der Waals surface area contributed by atoms with Crippen LogP contribution in [0.3, 0.4) is 0 Å². The maximum absolute atomic E-state index is 11.3. The highest BCUT2D eigenvalue weighted by Crippen LogP contribution is 2.32. The molecule has 1 fully saturated rings. The number of hydrogen-bond acceptors (Lipinski definition) is 4. The van der Waals surface area contributed by atoms with Crippen molar-refractivity contribution in [3.8, 4) is 0 Å². The van der Waals surface area contributed by atoms with Crippen molar-refractivity contribution in [3.05, 3.63) is 23.7 Å². The third kappa shape index (κ3) is 2.14. The molecular formula is C16H20N4O2. The summed E-state index contributed by atoms with van der Waals surface area (Å²) in [5.41, 5.74) is 3.59. The lowest BCUT2D eigenvalue weighted by atomic mass is 9.95. The van der Waals surface area contributed by atoms with Crippen LogP contribution >= 0.6 is 0 Å². The number of carboxylic acids is 1. The maximum Gasteiger partial charge on any atom is 0.308 e. The Balaban J connectivity index is 1.78. The van der Waals surface area contributed by atoms with Crippen molar-refractivity contribution in [1.82, 2.24) is 14.6 Å². The van der Waals surface area contributed by atoms with Crippen molar-refractivity contribution >= 4 is 17.3 Å². The lowest BCUT2D eigenvalue weighted by Gasteiger charge is -2.32. The molecule has 0 unspecified atom stereocenters. The quantitative estimate of drug-likeness (QED) is 0.917. The van der Waals surface area contributed by atoms with E-state index in [1.54, 1.807) is 6.20 Å². The molecule has 0 amide bonds. The molecular weight excluding hydrogens is 280 g/mol. The molecule has 0 saturated carbocycles. The molecule has 2 aliphatic rings. The highest BCUT2D eigenvalue weighted by molar-refractivity contribution is 5.76. The molecule has 1 atom stereocenters. The highest BCUT2D eigenvalue weighted by atomic mass is 16.4. The first-order valence-electron chi connectivity index (χ1n) is 8.07. The summed E-state index contributed by atoms with van der Waals surface area (Å²) in [6.45, 7) is 1.42. The zero-order chi connectivity index (χ0) is 15.1. The first-order chi connectivity index (χ1) is 10.7. The Morgan fingerprint density at radius 2 is 2.14 bits per heavy atom. The van der Waals surface area contributed by atoms with Crippen LogP contribution < -0.4 is 4.90 Å². The molecule has 1 aliphatic heterocycles. The van der Waals surface area contributed by atoms with E-state index in [0.29, 0.717) is 6.54 Å². The molecule has 4 rings (SSSR count). The van der Waals surface area contributed by atoms with E-state index >= 15 is 0 Å². The molecule has 2 aromatic heterocycles. The number of carboxylic acid groups (broad SMARTS) is 1. The summed E-state index contributed by atoms with van der Waals surface area (Å²) in [7, 11) is 0. The van der Waals surface area contributed by atoms with Crippen molar-refractivity contribution in [2.24, 2.45) is 5.92 Å². The van der Waals surface area contributed by atoms with Gasteiger partial charge in [0.25, 0.3) is 0 Å². The van der Waals surface area contributed by atoms with Crippen LogP contribution in [-0.4, -0.2) is 38.8 Å². The van der Waals surface area contributed by atoms with Crippen molar-refractivity contribution < 1.29 is 9.90 Å². The second kappa shape index (κ2) is 5.26. The van der Waals surface area contributed by atoms with Crippen molar-refractivity contribution in [2.75, 3.05) is 18.0 Å². The largest absolute Gasteiger partial charge is 0.481 e. The third-order valence-electron chi connectivity index (χ3n) is 4.87. The average molecular weight is 300 g/mol. The summed E-state index contributed by atoms with van der Waals surface area (Å²) in [6, 6.07) is 0. The molecule has 2 aromatic rings. The van der Waals surface area contributed by atoms with Gasteiger partial charge in [-0.15, -0.1) is 0 Å². The Morgan fingerprint density at radius 3 is 3.00 bits per heavy atom. The summed E-state index contributed by atoms with van der Waals surface area (Å²) in [5, 5.41) is 14.0. The summed E-state index contributed by atoms with van der Waals surface area (Å²) in [6.07, 6.45) is 9.80. The summed E-state index contributed by atoms with van der Waals surface area (Å²) in [4.78, 5) is 18.0. The molecule has 0 aromatic carbocycles. The van der Waals surface area contributed by atoms with Gasteiger partial charge in [-0.1, -0.05) is 0 Å². The van der Waals surface area contributed by atoms with E-state index in [-0.39, 0.29) is 5.92 Å². The zero-order valence-electron chi connectivity index (χ0n) is 12.5. The second-order valence-electron chi connectivity index (χ2n) is 6.30. The van der Waals surface area contributed by atoms with E-state index in [1.807, 2.05) is 10.7 Å². The summed E-state index contributed by atoms with van der Waals surface area (Å²) in [5.74, 6) is -0.0918. The fourth-order valence-electron chi connectivity index (χ4n) is 3.75. The normalized spacial score (nSPS) is 21.8. The molecule has 22 heavy (non-hydrogen) atoms. The van der Waals surface area contributed by atoms with E-state index in [1.165, 1.54) is 24.1 Å². The van der Waals surface area contributed by atoms with Crippen LogP contribution in [0.4, 0.5) is 5.82 Å². The van der Waals surface area contributed by atoms with Crippen LogP contribution in [-0.2, 0) is 17.6 Å². The second-order valence-corrected chi connectivity index (χ2v) is 6.30. The van der Waals surface area contributed by atoms with E-state index < -0.39 is 5.97 Å². The van der Waals surface area contributed by atoms with E-state index in [2.05, 4.69) is 9.88 Å². The monoisotopic (exact) mass is 300 g/mol. The van der Waals surface area contributed by atoms with Gasteiger partial charge in [-0.2, -0.15) is 5.10 Å². The summed E-state index contributed by atoms with van der Waals surface area (Å²) < 4.78 is 1.93. The number of aryl methyl sites for hydroxylation is 2. The topological polar surface area (TPSA) is 70.7 Å². The summed E-state index contributed by atoms with van der Waals surface area (Å²) >= 11 is 0. The smallest absolute Gasteiger partial charge is 0.308 e. The first kappa shape index (κ1) is 13.5. The van der Waals surface area contributed by atoms with Crippen molar-refractivity contribution in [3.63, 3.8) is 0 Å². The fourth-order valence-corrected chi connectivity index (χ4v) is 3.75. The number of carbonyl (C=O) groups is 1. The number of nitrogens with zero attached hydrogens (tertiary/aromatic N) is 4. The lowest BCUT2D eigenvalue weighted by Crippen LogP contribution is -2.39. The minimum Gasteiger partial charge on any atom is -0.481 e. The van der Waals surface area contributed by atoms with Crippen LogP contribution in [0, 0.1) is 5.92 Å². The minimum absolute atomic E-state index is 0.297. The van der Waals surface area contributed by atoms with E-state index in [4.69, 9.17) is 5.10 Å². The van der Waals surface area contributed by atoms with Crippen LogP contribution in [0.25, 0.3) is 5.52 Å². The highest BCUT2D eigenvalue weighted by Gasteiger charge is 2.29. The van der Waals surface area contributed by atoms with Gasteiger partial charge < -0.3 is 10.0 Å². The van der Waals surface area contributed by atoms with Gasteiger partial charge in [-0.3, -0.25) is 4.79 Å². The predicted molar refractivity (Wildman–Crippen MR) is 82.2 cm³/mol. The Hall–Kier alpha value is -2.11. The molecule has 0 bridgehead atoms. The molecule has 1 N–H and O–H groups in total. The Labute approximate surface area is 128 Å². The van der Waals surface area contributed by atoms with Gasteiger partial charge in [-0.05, 0) is 38.5 Å². The van der Waals surface area contributed by atoms with Gasteiger partial charge in [0.05, 0.1) is 11.6 Å². The number of anilines is 1. The van der Waals surface area contributed by atoms with Crippen LogP contribution in [0.2, 0.25) is 0 Å². The standard InChI is InChI=1S/C16H20N4O2/c21-16(22)11-4-3-8-19(10-11)15-14-12-5-1-2-6-13(12)18-20(14)9-7-17-15/h7,9,11H,1-6,8,10H2,(H,21,22)/t11-/m1/s1.